The average Bonchev–Trinajstić information content (AvgIpc) is 3.08. The molecule has 0 aliphatic carbocycles. The average molecular weight is 357 g/mol. The highest BCUT2D eigenvalue weighted by atomic mass is 16.2. The molecule has 2 aliphatic heterocycles. The molecule has 1 aromatic rings. The molecule has 26 heavy (non-hydrogen) atoms. The van der Waals surface area contributed by atoms with Crippen LogP contribution in [-0.2, 0) is 16.0 Å². The topological polar surface area (TPSA) is 43.9 Å². The molecular formula is C21H31N3O2. The van der Waals surface area contributed by atoms with Crippen LogP contribution in [0.5, 0.6) is 0 Å². The molecule has 142 valence electrons. The lowest BCUT2D eigenvalue weighted by atomic mass is 10.0. The molecule has 0 unspecified atom stereocenters. The third-order valence-electron chi connectivity index (χ3n) is 5.71. The van der Waals surface area contributed by atoms with Crippen molar-refractivity contribution in [3.05, 3.63) is 29.8 Å². The molecule has 0 atom stereocenters. The first-order valence-corrected chi connectivity index (χ1v) is 9.96. The van der Waals surface area contributed by atoms with Crippen molar-refractivity contribution >= 4 is 17.5 Å². The Balaban J connectivity index is 1.52. The summed E-state index contributed by atoms with van der Waals surface area (Å²) in [7, 11) is 1.94. The number of anilines is 1. The minimum absolute atomic E-state index is 0.184. The predicted molar refractivity (Wildman–Crippen MR) is 104 cm³/mol. The second-order valence-corrected chi connectivity index (χ2v) is 7.57. The molecule has 0 bridgehead atoms. The van der Waals surface area contributed by atoms with E-state index in [-0.39, 0.29) is 11.8 Å². The molecule has 0 spiro atoms. The minimum Gasteiger partial charge on any atom is -0.342 e. The van der Waals surface area contributed by atoms with E-state index >= 15 is 0 Å². The Labute approximate surface area is 156 Å². The van der Waals surface area contributed by atoms with E-state index in [2.05, 4.69) is 11.8 Å². The fourth-order valence-corrected chi connectivity index (χ4v) is 4.06. The van der Waals surface area contributed by atoms with Crippen LogP contribution in [0.2, 0.25) is 0 Å². The third kappa shape index (κ3) is 4.44. The maximum absolute atomic E-state index is 12.7. The molecule has 1 aromatic carbocycles. The zero-order valence-corrected chi connectivity index (χ0v) is 16.1. The molecule has 2 saturated heterocycles. The van der Waals surface area contributed by atoms with Crippen molar-refractivity contribution in [1.82, 2.24) is 9.80 Å². The van der Waals surface area contributed by atoms with Gasteiger partial charge in [0.15, 0.2) is 0 Å². The zero-order chi connectivity index (χ0) is 18.5. The van der Waals surface area contributed by atoms with Crippen molar-refractivity contribution in [1.29, 1.82) is 0 Å². The van der Waals surface area contributed by atoms with Gasteiger partial charge in [-0.1, -0.05) is 19.1 Å². The fraction of sp³-hybridized carbons (Fsp3) is 0.619. The Morgan fingerprint density at radius 1 is 1.15 bits per heavy atom. The van der Waals surface area contributed by atoms with Gasteiger partial charge in [-0.3, -0.25) is 9.59 Å². The summed E-state index contributed by atoms with van der Waals surface area (Å²) >= 11 is 0. The number of piperidine rings is 1. The normalized spacial score (nSPS) is 19.2. The zero-order valence-electron chi connectivity index (χ0n) is 16.1. The Morgan fingerprint density at radius 3 is 2.42 bits per heavy atom. The maximum Gasteiger partial charge on any atom is 0.227 e. The summed E-state index contributed by atoms with van der Waals surface area (Å²) in [6.07, 6.45) is 5.33. The van der Waals surface area contributed by atoms with Gasteiger partial charge in [0.25, 0.3) is 0 Å². The maximum atomic E-state index is 12.7. The summed E-state index contributed by atoms with van der Waals surface area (Å²) in [5.74, 6) is 0.381. The summed E-state index contributed by atoms with van der Waals surface area (Å²) in [6, 6.07) is 8.26. The lowest BCUT2D eigenvalue weighted by Crippen LogP contribution is -2.46. The van der Waals surface area contributed by atoms with Gasteiger partial charge in [-0.2, -0.15) is 0 Å². The van der Waals surface area contributed by atoms with E-state index in [1.807, 2.05) is 41.1 Å². The number of likely N-dealkylation sites (N-methyl/N-ethyl adjacent to an activating group) is 1. The van der Waals surface area contributed by atoms with Gasteiger partial charge in [-0.15, -0.1) is 0 Å². The standard InChI is InChI=1S/C21H31N3O2/c1-3-12-23-14-10-18(11-15-23)22(2)21(26)16-17-6-8-19(9-7-17)24-13-4-5-20(24)25/h6-9,18H,3-5,10-16H2,1-2H3. The molecule has 0 radical (unpaired) electrons. The third-order valence-corrected chi connectivity index (χ3v) is 5.71. The first-order chi connectivity index (χ1) is 12.6. The Hall–Kier alpha value is -1.88. The number of amides is 2. The number of hydrogen-bond acceptors (Lipinski definition) is 3. The highest BCUT2D eigenvalue weighted by molar-refractivity contribution is 5.95. The predicted octanol–water partition coefficient (Wildman–Crippen LogP) is 2.69. The van der Waals surface area contributed by atoms with Gasteiger partial charge in [-0.25, -0.2) is 0 Å². The molecule has 3 rings (SSSR count). The number of nitrogens with zero attached hydrogens (tertiary/aromatic N) is 3. The van der Waals surface area contributed by atoms with Gasteiger partial charge in [0.05, 0.1) is 6.42 Å². The van der Waals surface area contributed by atoms with Crippen LogP contribution in [0.25, 0.3) is 0 Å². The van der Waals surface area contributed by atoms with Crippen LogP contribution >= 0.6 is 0 Å². The monoisotopic (exact) mass is 357 g/mol. The van der Waals surface area contributed by atoms with Crippen LogP contribution in [-0.4, -0.2) is 60.9 Å². The lowest BCUT2D eigenvalue weighted by Gasteiger charge is -2.36. The molecule has 0 aromatic heterocycles. The second kappa shape index (κ2) is 8.67. The number of likely N-dealkylation sites (tertiary alicyclic amines) is 1. The van der Waals surface area contributed by atoms with Crippen molar-refractivity contribution in [3.63, 3.8) is 0 Å². The summed E-state index contributed by atoms with van der Waals surface area (Å²) in [6.45, 7) is 6.36. The van der Waals surface area contributed by atoms with Crippen LogP contribution < -0.4 is 4.90 Å². The number of carbonyl (C=O) groups excluding carboxylic acids is 2. The molecule has 2 heterocycles. The van der Waals surface area contributed by atoms with E-state index in [0.717, 1.165) is 56.7 Å². The van der Waals surface area contributed by atoms with Crippen molar-refractivity contribution in [2.24, 2.45) is 0 Å². The van der Waals surface area contributed by atoms with Gasteiger partial charge >= 0.3 is 0 Å². The van der Waals surface area contributed by atoms with Crippen molar-refractivity contribution in [2.45, 2.75) is 51.5 Å². The van der Waals surface area contributed by atoms with Gasteiger partial charge < -0.3 is 14.7 Å². The summed E-state index contributed by atoms with van der Waals surface area (Å²) in [5.41, 5.74) is 1.96. The first kappa shape index (κ1) is 18.9. The van der Waals surface area contributed by atoms with Crippen LogP contribution in [0.3, 0.4) is 0 Å². The highest BCUT2D eigenvalue weighted by Gasteiger charge is 2.25. The van der Waals surface area contributed by atoms with E-state index in [9.17, 15) is 9.59 Å². The number of carbonyl (C=O) groups is 2. The highest BCUT2D eigenvalue weighted by Crippen LogP contribution is 2.22. The number of benzene rings is 1. The second-order valence-electron chi connectivity index (χ2n) is 7.57. The first-order valence-electron chi connectivity index (χ1n) is 9.96. The molecule has 0 N–H and O–H groups in total. The van der Waals surface area contributed by atoms with E-state index in [1.54, 1.807) is 0 Å². The van der Waals surface area contributed by atoms with Gasteiger partial charge in [0.1, 0.15) is 0 Å². The minimum atomic E-state index is 0.184. The smallest absolute Gasteiger partial charge is 0.227 e. The quantitative estimate of drug-likeness (QED) is 0.786. The molecule has 5 nitrogen and oxygen atoms in total. The molecule has 2 fully saturated rings. The molecule has 2 amide bonds. The van der Waals surface area contributed by atoms with Crippen LogP contribution in [0, 0.1) is 0 Å². The van der Waals surface area contributed by atoms with E-state index in [1.165, 1.54) is 6.42 Å². The van der Waals surface area contributed by atoms with E-state index < -0.39 is 0 Å². The fourth-order valence-electron chi connectivity index (χ4n) is 4.06. The van der Waals surface area contributed by atoms with Crippen LogP contribution in [0.1, 0.15) is 44.6 Å². The van der Waals surface area contributed by atoms with Gasteiger partial charge in [-0.05, 0) is 49.9 Å². The van der Waals surface area contributed by atoms with Crippen molar-refractivity contribution < 1.29 is 9.59 Å². The summed E-state index contributed by atoms with van der Waals surface area (Å²) < 4.78 is 0. The molecule has 2 aliphatic rings. The molecule has 0 saturated carbocycles. The summed E-state index contributed by atoms with van der Waals surface area (Å²) in [5, 5.41) is 0. The summed E-state index contributed by atoms with van der Waals surface area (Å²) in [4.78, 5) is 30.8. The Morgan fingerprint density at radius 2 is 1.85 bits per heavy atom. The Bertz CT molecular complexity index is 621. The lowest BCUT2D eigenvalue weighted by molar-refractivity contribution is -0.132. The molecule has 5 heteroatoms. The van der Waals surface area contributed by atoms with Crippen molar-refractivity contribution in [3.8, 4) is 0 Å². The Kier molecular flexibility index (Phi) is 6.30. The van der Waals surface area contributed by atoms with E-state index in [0.29, 0.717) is 18.9 Å². The van der Waals surface area contributed by atoms with Crippen LogP contribution in [0.4, 0.5) is 5.69 Å². The SMILES string of the molecule is CCCN1CCC(N(C)C(=O)Cc2ccc(N3CCCC3=O)cc2)CC1. The number of hydrogen-bond donors (Lipinski definition) is 0. The van der Waals surface area contributed by atoms with Gasteiger partial charge in [0.2, 0.25) is 11.8 Å². The van der Waals surface area contributed by atoms with Crippen molar-refractivity contribution in [2.75, 3.05) is 38.1 Å². The number of rotatable bonds is 6. The van der Waals surface area contributed by atoms with E-state index in [4.69, 9.17) is 0 Å². The van der Waals surface area contributed by atoms with Crippen LogP contribution in [0.15, 0.2) is 24.3 Å². The molecular weight excluding hydrogens is 326 g/mol. The van der Waals surface area contributed by atoms with Gasteiger partial charge in [0, 0.05) is 44.8 Å². The largest absolute Gasteiger partial charge is 0.342 e.